The Bertz CT molecular complexity index is 2320. The number of nitrogens with one attached hydrogen (secondary N) is 3. The molecule has 6 fully saturated rings. The third-order valence-corrected chi connectivity index (χ3v) is 15.6. The minimum atomic E-state index is -3.42. The quantitative estimate of drug-likeness (QED) is 0.0404. The number of aliphatic carboxylic acids is 2. The number of carboxylic acid groups (broad SMARTS) is 2. The van der Waals surface area contributed by atoms with Gasteiger partial charge >= 0.3 is 11.9 Å². The lowest BCUT2D eigenvalue weighted by Crippen LogP contribution is -2.72. The number of hydrogen-bond donors (Lipinski definition) is 24. The van der Waals surface area contributed by atoms with Crippen LogP contribution in [0.4, 0.5) is 0 Å². The molecule has 6 saturated heterocycles. The predicted molar refractivity (Wildman–Crippen MR) is 268 cm³/mol. The van der Waals surface area contributed by atoms with Crippen molar-refractivity contribution in [3.8, 4) is 0 Å². The molecule has 508 valence electrons. The van der Waals surface area contributed by atoms with Crippen LogP contribution in [0.5, 0.6) is 0 Å². The summed E-state index contributed by atoms with van der Waals surface area (Å²) in [7, 11) is 0. The summed E-state index contributed by atoms with van der Waals surface area (Å²) >= 11 is 0. The van der Waals surface area contributed by atoms with Gasteiger partial charge in [-0.3, -0.25) is 14.4 Å². The molecule has 6 aliphatic rings. The average Bonchev–Trinajstić information content (AvgIpc) is 0.799. The van der Waals surface area contributed by atoms with Crippen LogP contribution in [0, 0.1) is 0 Å². The van der Waals surface area contributed by atoms with Crippen molar-refractivity contribution in [1.82, 2.24) is 16.0 Å². The summed E-state index contributed by atoms with van der Waals surface area (Å²) in [5.41, 5.74) is 0. The van der Waals surface area contributed by atoms with E-state index in [1.807, 2.05) is 0 Å². The molecule has 40 nitrogen and oxygen atoms in total. The van der Waals surface area contributed by atoms with Gasteiger partial charge in [0, 0.05) is 33.6 Å². The van der Waals surface area contributed by atoms with Gasteiger partial charge in [0.2, 0.25) is 17.7 Å². The molecule has 3 amide bonds. The third-order valence-electron chi connectivity index (χ3n) is 15.6. The van der Waals surface area contributed by atoms with E-state index in [1.54, 1.807) is 0 Å². The number of ether oxygens (including phenoxy) is 11. The molecule has 0 unspecified atom stereocenters. The van der Waals surface area contributed by atoms with Gasteiger partial charge in [-0.05, 0) is 0 Å². The van der Waals surface area contributed by atoms with Gasteiger partial charge in [0.25, 0.3) is 11.6 Å². The van der Waals surface area contributed by atoms with E-state index >= 15 is 0 Å². The van der Waals surface area contributed by atoms with E-state index < -0.39 is 277 Å². The van der Waals surface area contributed by atoms with Crippen molar-refractivity contribution in [3.63, 3.8) is 0 Å². The Morgan fingerprint density at radius 3 is 1.23 bits per heavy atom. The van der Waals surface area contributed by atoms with Gasteiger partial charge < -0.3 is 175 Å². The van der Waals surface area contributed by atoms with E-state index in [0.29, 0.717) is 0 Å². The molecule has 0 spiro atoms. The molecule has 40 heteroatoms. The van der Waals surface area contributed by atoms with Crippen LogP contribution in [-0.2, 0) is 76.1 Å². The number of amides is 3. The van der Waals surface area contributed by atoms with E-state index in [1.165, 1.54) is 0 Å². The maximum atomic E-state index is 13.6. The first-order valence-corrected chi connectivity index (χ1v) is 27.4. The van der Waals surface area contributed by atoms with Crippen molar-refractivity contribution in [2.24, 2.45) is 0 Å². The second-order valence-corrected chi connectivity index (χ2v) is 21.8. The summed E-state index contributed by atoms with van der Waals surface area (Å²) < 4.78 is 63.5. The van der Waals surface area contributed by atoms with Gasteiger partial charge in [-0.15, -0.1) is 0 Å². The summed E-state index contributed by atoms with van der Waals surface area (Å²) in [5.74, 6) is -13.8. The monoisotopic (exact) mass is 1290 g/mol. The molecule has 0 aromatic rings. The molecule has 6 heterocycles. The molecule has 0 aliphatic carbocycles. The van der Waals surface area contributed by atoms with E-state index in [4.69, 9.17) is 52.1 Å². The molecule has 0 aromatic carbocycles. The first kappa shape index (κ1) is 73.2. The summed E-state index contributed by atoms with van der Waals surface area (Å²) in [6.07, 6.45) is -62.4. The highest BCUT2D eigenvalue weighted by Crippen LogP contribution is 2.42. The zero-order chi connectivity index (χ0) is 65.8. The SMILES string of the molecule is CC(=O)N[C@H]1[C@H](O[C@@H]2[C@H](O[C@]3(C(=O)O)C[C@H](O)[C@@H](NC(C)=O)[C@H]([C@H](O)[C@H](O)CO)O3)[C@@H](O)[C@H](O[C@H]3[C@H](O)[C@@H](O)[C@H](O)O[C@@H]3CO)O[C@@H]2CO)O[C@H](CO)[C@H](O[C@@H]2O[C@H](CO)[C@H](O)[C@H](O[C@]3(C(=O)O)C[C@H](O)[C@@H](NC(C)=O)[C@H]([C@H](O)[C@H](O)CO)O3)[C@H]2O)[C@@H]1O. The molecule has 32 atom stereocenters. The molecule has 0 radical (unpaired) electrons. The van der Waals surface area contributed by atoms with Gasteiger partial charge in [0.1, 0.15) is 134 Å². The molecule has 0 aromatic heterocycles. The number of carboxylic acids is 2. The highest BCUT2D eigenvalue weighted by atomic mass is 16.8. The largest absolute Gasteiger partial charge is 0.477 e. The molecule has 88 heavy (non-hydrogen) atoms. The van der Waals surface area contributed by atoms with Crippen molar-refractivity contribution in [3.05, 3.63) is 0 Å². The van der Waals surface area contributed by atoms with E-state index in [9.17, 15) is 131 Å². The second-order valence-electron chi connectivity index (χ2n) is 21.8. The van der Waals surface area contributed by atoms with Crippen LogP contribution in [0.3, 0.4) is 0 Å². The lowest BCUT2D eigenvalue weighted by Gasteiger charge is -2.53. The number of aliphatic hydroxyl groups excluding tert-OH is 19. The minimum absolute atomic E-state index is 0.860. The topological polar surface area (TPSA) is 648 Å². The van der Waals surface area contributed by atoms with Crippen LogP contribution in [0.25, 0.3) is 0 Å². The molecule has 6 rings (SSSR count). The molecule has 0 saturated carbocycles. The van der Waals surface area contributed by atoms with E-state index in [2.05, 4.69) is 16.0 Å². The van der Waals surface area contributed by atoms with Gasteiger partial charge in [-0.25, -0.2) is 9.59 Å². The van der Waals surface area contributed by atoms with Crippen molar-refractivity contribution in [1.29, 1.82) is 0 Å². The van der Waals surface area contributed by atoms with Crippen molar-refractivity contribution >= 4 is 29.7 Å². The lowest BCUT2D eigenvalue weighted by molar-refractivity contribution is -0.404. The maximum Gasteiger partial charge on any atom is 0.364 e. The zero-order valence-electron chi connectivity index (χ0n) is 46.9. The van der Waals surface area contributed by atoms with Crippen LogP contribution in [0.1, 0.15) is 33.6 Å². The fourth-order valence-corrected chi connectivity index (χ4v) is 11.1. The highest BCUT2D eigenvalue weighted by Gasteiger charge is 2.64. The highest BCUT2D eigenvalue weighted by molar-refractivity contribution is 5.77. The summed E-state index contributed by atoms with van der Waals surface area (Å²) in [4.78, 5) is 64.0. The molecule has 24 N–H and O–H groups in total. The Balaban J connectivity index is 1.37. The normalized spacial score (nSPS) is 44.6. The second kappa shape index (κ2) is 30.7. The zero-order valence-corrected chi connectivity index (χ0v) is 46.9. The molecule has 6 aliphatic heterocycles. The maximum absolute atomic E-state index is 13.6. The third kappa shape index (κ3) is 15.6. The van der Waals surface area contributed by atoms with E-state index in [-0.39, 0.29) is 0 Å². The van der Waals surface area contributed by atoms with Gasteiger partial charge in [0.05, 0.1) is 63.9 Å². The first-order chi connectivity index (χ1) is 41.3. The average molecular weight is 1290 g/mol. The van der Waals surface area contributed by atoms with Crippen molar-refractivity contribution < 1.29 is 183 Å². The van der Waals surface area contributed by atoms with Crippen molar-refractivity contribution in [2.75, 3.05) is 39.6 Å². The van der Waals surface area contributed by atoms with Crippen molar-refractivity contribution in [2.45, 2.75) is 229 Å². The predicted octanol–water partition coefficient (Wildman–Crippen LogP) is -15.3. The van der Waals surface area contributed by atoms with Gasteiger partial charge in [-0.2, -0.15) is 0 Å². The number of aliphatic hydroxyl groups is 19. The number of hydrogen-bond acceptors (Lipinski definition) is 35. The molecular weight excluding hydrogens is 1210 g/mol. The summed E-state index contributed by atoms with van der Waals surface area (Å²) in [5, 5.41) is 235. The van der Waals surface area contributed by atoms with Crippen LogP contribution in [0.15, 0.2) is 0 Å². The Hall–Kier alpha value is -3.85. The number of rotatable bonds is 25. The van der Waals surface area contributed by atoms with Crippen LogP contribution >= 0.6 is 0 Å². The standard InChI is InChI=1S/C48H79N3O37/c1-12(58)49-23-15(61)4-47(45(74)75,85-37(23)26(65)17(63)6-52)87-39-28(67)19(8-54)79-43(32(39)71)82-34-21(10-56)80-42(25(29(34)68)51-14(3)60)84-36-22(11-57)81-44(83-35-20(9-55)78-41(73)31(70)30(35)69)33(72)40(36)88-48(46(76)77)5-16(62)24(50-13(2)59)38(86-48)27(66)18(64)7-53/h15-44,52-57,61-73H,4-11H2,1-3H3,(H,49,58)(H,50,59)(H,51,60)(H,74,75)(H,76,77)/t15-,16-,17+,18+,19+,20+,21+,22+,23+,24+,25+,26+,27+,28-,29+,30+,31+,32+,33+,34-,35+,36-,37+,38+,39-,40+,41+,42-,43-,44-,47-,48-/m0/s1. The fraction of sp³-hybridized carbons (Fsp3) is 0.896. The minimum Gasteiger partial charge on any atom is -0.477 e. The Labute approximate surface area is 496 Å². The lowest BCUT2D eigenvalue weighted by atomic mass is 9.88. The molecular formula is C48H79N3O37. The van der Waals surface area contributed by atoms with Crippen LogP contribution in [0.2, 0.25) is 0 Å². The Morgan fingerprint density at radius 2 is 0.807 bits per heavy atom. The Kier molecular flexibility index (Phi) is 25.6. The summed E-state index contributed by atoms with van der Waals surface area (Å²) in [6, 6.07) is -5.60. The number of carbonyl (C=O) groups is 5. The van der Waals surface area contributed by atoms with Gasteiger partial charge in [0.15, 0.2) is 25.2 Å². The van der Waals surface area contributed by atoms with Crippen LogP contribution in [-0.4, -0.2) is 372 Å². The fourth-order valence-electron chi connectivity index (χ4n) is 11.1. The smallest absolute Gasteiger partial charge is 0.364 e. The molecule has 0 bridgehead atoms. The van der Waals surface area contributed by atoms with Crippen LogP contribution < -0.4 is 16.0 Å². The van der Waals surface area contributed by atoms with Gasteiger partial charge in [-0.1, -0.05) is 0 Å². The first-order valence-electron chi connectivity index (χ1n) is 27.4. The van der Waals surface area contributed by atoms with E-state index in [0.717, 1.165) is 20.8 Å². The number of carbonyl (C=O) groups excluding carboxylic acids is 3. The Morgan fingerprint density at radius 1 is 0.443 bits per heavy atom. The summed E-state index contributed by atoms with van der Waals surface area (Å²) in [6.45, 7) is -4.47.